The molecule has 0 N–H and O–H groups in total. The number of para-hydroxylation sites is 1. The van der Waals surface area contributed by atoms with Crippen molar-refractivity contribution in [2.45, 2.75) is 57.3 Å². The summed E-state index contributed by atoms with van der Waals surface area (Å²) in [5.74, 6) is 1.57. The highest BCUT2D eigenvalue weighted by atomic mass is 19.1. The van der Waals surface area contributed by atoms with Crippen LogP contribution >= 0.6 is 0 Å². The van der Waals surface area contributed by atoms with Crippen LogP contribution in [-0.2, 0) is 11.8 Å². The minimum atomic E-state index is -0.325. The smallest absolute Gasteiger partial charge is 0.165 e. The lowest BCUT2D eigenvalue weighted by molar-refractivity contribution is 0.339. The first-order valence-corrected chi connectivity index (χ1v) is 11.4. The van der Waals surface area contributed by atoms with Crippen LogP contribution in [0.2, 0.25) is 0 Å². The van der Waals surface area contributed by atoms with E-state index >= 15 is 0 Å². The molecule has 0 aromatic heterocycles. The molecule has 1 saturated carbocycles. The van der Waals surface area contributed by atoms with Crippen molar-refractivity contribution in [2.75, 3.05) is 6.61 Å². The number of rotatable bonds is 9. The van der Waals surface area contributed by atoms with E-state index in [2.05, 4.69) is 24.3 Å². The lowest BCUT2D eigenvalue weighted by Crippen LogP contribution is -2.22. The molecule has 1 aliphatic rings. The first-order valence-electron chi connectivity index (χ1n) is 11.4. The van der Waals surface area contributed by atoms with Gasteiger partial charge >= 0.3 is 0 Å². The van der Waals surface area contributed by atoms with Crippen LogP contribution < -0.4 is 9.47 Å². The first-order chi connectivity index (χ1) is 15.2. The quantitative estimate of drug-likeness (QED) is 0.352. The molecule has 1 fully saturated rings. The predicted molar refractivity (Wildman–Crippen MR) is 124 cm³/mol. The summed E-state index contributed by atoms with van der Waals surface area (Å²) >= 11 is 0. The van der Waals surface area contributed by atoms with Gasteiger partial charge in [-0.2, -0.15) is 0 Å². The van der Waals surface area contributed by atoms with Gasteiger partial charge in [-0.3, -0.25) is 0 Å². The summed E-state index contributed by atoms with van der Waals surface area (Å²) < 4.78 is 25.6. The Morgan fingerprint density at radius 3 is 2.32 bits per heavy atom. The molecule has 2 nitrogen and oxygen atoms in total. The largest absolute Gasteiger partial charge is 0.494 e. The van der Waals surface area contributed by atoms with Gasteiger partial charge in [-0.15, -0.1) is 0 Å². The van der Waals surface area contributed by atoms with E-state index < -0.39 is 0 Å². The van der Waals surface area contributed by atoms with Crippen LogP contribution in [0.25, 0.3) is 0 Å². The second kappa shape index (κ2) is 10.00. The molecular formula is C28H31FO2. The molecular weight excluding hydrogens is 387 g/mol. The highest BCUT2D eigenvalue weighted by Crippen LogP contribution is 2.45. The number of ether oxygens (including phenoxy) is 2. The topological polar surface area (TPSA) is 18.5 Å². The monoisotopic (exact) mass is 418 g/mol. The van der Waals surface area contributed by atoms with E-state index in [4.69, 9.17) is 9.47 Å². The fourth-order valence-corrected chi connectivity index (χ4v) is 4.83. The molecule has 1 aliphatic carbocycles. The summed E-state index contributed by atoms with van der Waals surface area (Å²) in [5, 5.41) is 0. The van der Waals surface area contributed by atoms with Gasteiger partial charge < -0.3 is 9.47 Å². The molecule has 0 aliphatic heterocycles. The average molecular weight is 419 g/mol. The van der Waals surface area contributed by atoms with Crippen molar-refractivity contribution in [3.05, 3.63) is 89.7 Å². The van der Waals surface area contributed by atoms with Crippen LogP contribution in [0.5, 0.6) is 17.2 Å². The second-order valence-corrected chi connectivity index (χ2v) is 8.48. The zero-order valence-corrected chi connectivity index (χ0v) is 18.3. The Bertz CT molecular complexity index is 960. The maximum absolute atomic E-state index is 14.3. The van der Waals surface area contributed by atoms with Gasteiger partial charge in [0.15, 0.2) is 11.6 Å². The van der Waals surface area contributed by atoms with Gasteiger partial charge in [0.25, 0.3) is 0 Å². The Kier molecular flexibility index (Phi) is 6.91. The third-order valence-corrected chi connectivity index (χ3v) is 6.43. The Labute approximate surface area is 185 Å². The Morgan fingerprint density at radius 2 is 1.61 bits per heavy atom. The van der Waals surface area contributed by atoms with Gasteiger partial charge in [0.1, 0.15) is 11.5 Å². The molecule has 0 bridgehead atoms. The number of benzene rings is 3. The predicted octanol–water partition coefficient (Wildman–Crippen LogP) is 7.85. The zero-order chi connectivity index (χ0) is 21.5. The minimum Gasteiger partial charge on any atom is -0.494 e. The van der Waals surface area contributed by atoms with E-state index in [1.165, 1.54) is 37.3 Å². The SMILES string of the molecule is CCOc1ccc(C2(CCCc3ccc(F)c(Oc4ccccc4)c3)CCCC2)cc1. The maximum atomic E-state index is 14.3. The van der Waals surface area contributed by atoms with Crippen LogP contribution in [0.15, 0.2) is 72.8 Å². The molecule has 0 spiro atoms. The van der Waals surface area contributed by atoms with Gasteiger partial charge in [0.05, 0.1) is 6.61 Å². The lowest BCUT2D eigenvalue weighted by Gasteiger charge is -2.30. The van der Waals surface area contributed by atoms with E-state index in [1.807, 2.05) is 49.4 Å². The Hall–Kier alpha value is -2.81. The van der Waals surface area contributed by atoms with Crippen LogP contribution in [0, 0.1) is 5.82 Å². The molecule has 3 heteroatoms. The Morgan fingerprint density at radius 1 is 0.871 bits per heavy atom. The molecule has 162 valence electrons. The fraction of sp³-hybridized carbons (Fsp3) is 0.357. The van der Waals surface area contributed by atoms with Crippen molar-refractivity contribution < 1.29 is 13.9 Å². The average Bonchev–Trinajstić information content (AvgIpc) is 3.27. The third kappa shape index (κ3) is 5.28. The van der Waals surface area contributed by atoms with Crippen molar-refractivity contribution in [3.63, 3.8) is 0 Å². The van der Waals surface area contributed by atoms with Gasteiger partial charge in [-0.1, -0.05) is 49.2 Å². The fourth-order valence-electron chi connectivity index (χ4n) is 4.83. The maximum Gasteiger partial charge on any atom is 0.165 e. The summed E-state index contributed by atoms with van der Waals surface area (Å²) in [4.78, 5) is 0. The molecule has 31 heavy (non-hydrogen) atoms. The number of hydrogen-bond donors (Lipinski definition) is 0. The van der Waals surface area contributed by atoms with E-state index in [0.717, 1.165) is 30.6 Å². The van der Waals surface area contributed by atoms with E-state index in [1.54, 1.807) is 0 Å². The molecule has 0 atom stereocenters. The zero-order valence-electron chi connectivity index (χ0n) is 18.3. The highest BCUT2D eigenvalue weighted by molar-refractivity contribution is 5.36. The molecule has 0 amide bonds. The second-order valence-electron chi connectivity index (χ2n) is 8.48. The minimum absolute atomic E-state index is 0.258. The van der Waals surface area contributed by atoms with E-state index in [0.29, 0.717) is 18.1 Å². The summed E-state index contributed by atoms with van der Waals surface area (Å²) in [6.45, 7) is 2.70. The molecule has 0 radical (unpaired) electrons. The summed E-state index contributed by atoms with van der Waals surface area (Å²) in [6, 6.07) is 23.3. The standard InChI is InChI=1S/C28H31FO2/c1-2-30-24-15-13-23(14-16-24)28(18-6-7-19-28)20-8-9-22-12-17-26(29)27(21-22)31-25-10-4-3-5-11-25/h3-5,10-17,21H,2,6-9,18-20H2,1H3. The van der Waals surface area contributed by atoms with Gasteiger partial charge in [0.2, 0.25) is 0 Å². The lowest BCUT2D eigenvalue weighted by atomic mass is 9.75. The molecule has 0 heterocycles. The van der Waals surface area contributed by atoms with Gasteiger partial charge in [-0.05, 0) is 92.0 Å². The van der Waals surface area contributed by atoms with Crippen LogP contribution in [0.1, 0.15) is 56.6 Å². The number of aryl methyl sites for hydroxylation is 1. The first kappa shape index (κ1) is 21.4. The summed E-state index contributed by atoms with van der Waals surface area (Å²) in [6.07, 6.45) is 8.21. The molecule has 3 aromatic rings. The molecule has 4 rings (SSSR count). The highest BCUT2D eigenvalue weighted by Gasteiger charge is 2.34. The molecule has 0 unspecified atom stereocenters. The van der Waals surface area contributed by atoms with Crippen molar-refractivity contribution in [1.29, 1.82) is 0 Å². The molecule has 3 aromatic carbocycles. The number of hydrogen-bond acceptors (Lipinski definition) is 2. The van der Waals surface area contributed by atoms with Crippen molar-refractivity contribution in [1.82, 2.24) is 0 Å². The number of halogens is 1. The van der Waals surface area contributed by atoms with E-state index in [9.17, 15) is 4.39 Å². The third-order valence-electron chi connectivity index (χ3n) is 6.43. The van der Waals surface area contributed by atoms with Crippen LogP contribution in [0.4, 0.5) is 4.39 Å². The van der Waals surface area contributed by atoms with Crippen molar-refractivity contribution in [3.8, 4) is 17.2 Å². The van der Waals surface area contributed by atoms with Crippen molar-refractivity contribution >= 4 is 0 Å². The Balaban J connectivity index is 1.41. The van der Waals surface area contributed by atoms with E-state index in [-0.39, 0.29) is 11.2 Å². The summed E-state index contributed by atoms with van der Waals surface area (Å²) in [5.41, 5.74) is 2.81. The normalized spacial score (nSPS) is 15.0. The summed E-state index contributed by atoms with van der Waals surface area (Å²) in [7, 11) is 0. The van der Waals surface area contributed by atoms with Gasteiger partial charge in [-0.25, -0.2) is 4.39 Å². The molecule has 0 saturated heterocycles. The van der Waals surface area contributed by atoms with Crippen LogP contribution in [0.3, 0.4) is 0 Å². The van der Waals surface area contributed by atoms with Crippen LogP contribution in [-0.4, -0.2) is 6.61 Å². The van der Waals surface area contributed by atoms with Crippen molar-refractivity contribution in [2.24, 2.45) is 0 Å². The van der Waals surface area contributed by atoms with Gasteiger partial charge in [0, 0.05) is 0 Å².